The number of hydrogen-bond acceptors (Lipinski definition) is 7. The number of ether oxygens (including phenoxy) is 1. The van der Waals surface area contributed by atoms with E-state index in [0.29, 0.717) is 24.6 Å². The van der Waals surface area contributed by atoms with Gasteiger partial charge in [-0.1, -0.05) is 12.1 Å². The fraction of sp³-hybridized carbons (Fsp3) is 0.318. The molecular weight excluding hydrogens is 428 g/mol. The maximum absolute atomic E-state index is 11.9. The Kier molecular flexibility index (Phi) is 4.98. The molecule has 4 heterocycles. The molecule has 0 amide bonds. The third-order valence-corrected chi connectivity index (χ3v) is 6.90. The highest BCUT2D eigenvalue weighted by molar-refractivity contribution is 7.90. The number of benzene rings is 1. The first kappa shape index (κ1) is 20.7. The van der Waals surface area contributed by atoms with E-state index >= 15 is 0 Å². The summed E-state index contributed by atoms with van der Waals surface area (Å²) in [5.74, 6) is 0.834. The van der Waals surface area contributed by atoms with Crippen LogP contribution in [-0.2, 0) is 21.6 Å². The average molecular weight is 453 g/mol. The molecule has 0 bridgehead atoms. The normalized spacial score (nSPS) is 17.2. The number of rotatable bonds is 4. The van der Waals surface area contributed by atoms with Crippen LogP contribution in [0, 0.1) is 0 Å². The Morgan fingerprint density at radius 3 is 2.62 bits per heavy atom. The monoisotopic (exact) mass is 452 g/mol. The Morgan fingerprint density at radius 2 is 1.97 bits per heavy atom. The first-order valence-corrected chi connectivity index (χ1v) is 12.2. The van der Waals surface area contributed by atoms with Gasteiger partial charge in [0.15, 0.2) is 9.84 Å². The third-order valence-electron chi connectivity index (χ3n) is 5.78. The van der Waals surface area contributed by atoms with E-state index in [0.717, 1.165) is 34.5 Å². The molecule has 1 aliphatic heterocycles. The molecule has 5 rings (SSSR count). The minimum Gasteiger partial charge on any atom is -0.377 e. The number of anilines is 1. The van der Waals surface area contributed by atoms with Gasteiger partial charge >= 0.3 is 0 Å². The first-order valence-electron chi connectivity index (χ1n) is 10.4. The molecule has 4 aromatic rings. The summed E-state index contributed by atoms with van der Waals surface area (Å²) < 4.78 is 31.3. The molecule has 0 saturated carbocycles. The largest absolute Gasteiger partial charge is 0.377 e. The fourth-order valence-electron chi connectivity index (χ4n) is 4.15. The zero-order valence-electron chi connectivity index (χ0n) is 18.1. The summed E-state index contributed by atoms with van der Waals surface area (Å²) >= 11 is 0. The van der Waals surface area contributed by atoms with Gasteiger partial charge in [-0.05, 0) is 36.8 Å². The van der Waals surface area contributed by atoms with Gasteiger partial charge in [0.05, 0.1) is 29.7 Å². The number of aromatic nitrogens is 5. The molecule has 1 aromatic carbocycles. The van der Waals surface area contributed by atoms with Crippen molar-refractivity contribution in [3.8, 4) is 22.5 Å². The van der Waals surface area contributed by atoms with Crippen molar-refractivity contribution in [2.75, 3.05) is 30.9 Å². The second kappa shape index (κ2) is 7.72. The summed E-state index contributed by atoms with van der Waals surface area (Å²) in [6.45, 7) is 4.13. The molecule has 3 aromatic heterocycles. The van der Waals surface area contributed by atoms with Crippen LogP contribution < -0.4 is 4.90 Å². The lowest BCUT2D eigenvalue weighted by atomic mass is 10.0. The van der Waals surface area contributed by atoms with Crippen LogP contribution in [0.15, 0.2) is 47.5 Å². The van der Waals surface area contributed by atoms with Crippen molar-refractivity contribution in [2.45, 2.75) is 17.9 Å². The van der Waals surface area contributed by atoms with Crippen molar-refractivity contribution >= 4 is 26.7 Å². The number of H-pyrrole nitrogens is 1. The lowest BCUT2D eigenvalue weighted by Gasteiger charge is -2.34. The number of nitrogens with zero attached hydrogens (tertiary/aromatic N) is 5. The quantitative estimate of drug-likeness (QED) is 0.507. The third kappa shape index (κ3) is 3.55. The summed E-state index contributed by atoms with van der Waals surface area (Å²) in [5, 5.41) is 11.9. The Hall–Kier alpha value is -3.24. The topological polar surface area (TPSA) is 106 Å². The van der Waals surface area contributed by atoms with Gasteiger partial charge in [0, 0.05) is 31.6 Å². The molecule has 1 N–H and O–H groups in total. The van der Waals surface area contributed by atoms with Crippen molar-refractivity contribution in [3.63, 3.8) is 0 Å². The Labute approximate surface area is 185 Å². The second-order valence-corrected chi connectivity index (χ2v) is 10.1. The summed E-state index contributed by atoms with van der Waals surface area (Å²) in [7, 11) is -1.39. The van der Waals surface area contributed by atoms with Gasteiger partial charge in [-0.15, -0.1) is 0 Å². The van der Waals surface area contributed by atoms with Crippen LogP contribution in [0.2, 0.25) is 0 Å². The van der Waals surface area contributed by atoms with Gasteiger partial charge in [-0.2, -0.15) is 10.2 Å². The Balaban J connectivity index is 1.75. The number of hydrogen-bond donors (Lipinski definition) is 1. The van der Waals surface area contributed by atoms with E-state index in [1.807, 2.05) is 25.2 Å². The minimum atomic E-state index is -3.27. The molecule has 0 spiro atoms. The molecule has 0 unspecified atom stereocenters. The summed E-state index contributed by atoms with van der Waals surface area (Å²) in [5.41, 5.74) is 4.84. The molecule has 1 aliphatic rings. The molecule has 10 heteroatoms. The van der Waals surface area contributed by atoms with E-state index in [2.05, 4.69) is 28.1 Å². The van der Waals surface area contributed by atoms with Crippen molar-refractivity contribution < 1.29 is 13.2 Å². The highest BCUT2D eigenvalue weighted by Gasteiger charge is 2.25. The van der Waals surface area contributed by atoms with Crippen molar-refractivity contribution in [1.82, 2.24) is 25.0 Å². The van der Waals surface area contributed by atoms with E-state index < -0.39 is 9.84 Å². The molecule has 1 atom stereocenters. The molecule has 1 fully saturated rings. The molecule has 1 saturated heterocycles. The van der Waals surface area contributed by atoms with E-state index in [1.54, 1.807) is 23.0 Å². The van der Waals surface area contributed by atoms with Crippen LogP contribution in [0.25, 0.3) is 33.5 Å². The van der Waals surface area contributed by atoms with E-state index in [9.17, 15) is 8.42 Å². The highest BCUT2D eigenvalue weighted by atomic mass is 32.2. The van der Waals surface area contributed by atoms with Gasteiger partial charge in [0.25, 0.3) is 0 Å². The van der Waals surface area contributed by atoms with E-state index in [4.69, 9.17) is 14.8 Å². The molecule has 32 heavy (non-hydrogen) atoms. The number of morpholine rings is 1. The molecular formula is C22H24N6O3S. The van der Waals surface area contributed by atoms with Crippen molar-refractivity contribution in [3.05, 3.63) is 42.6 Å². The van der Waals surface area contributed by atoms with Gasteiger partial charge in [-0.25, -0.2) is 13.4 Å². The molecule has 0 radical (unpaired) electrons. The van der Waals surface area contributed by atoms with E-state index in [-0.39, 0.29) is 10.9 Å². The lowest BCUT2D eigenvalue weighted by Crippen LogP contribution is -2.44. The average Bonchev–Trinajstić information content (AvgIpc) is 3.41. The highest BCUT2D eigenvalue weighted by Crippen LogP contribution is 2.36. The number of fused-ring (bicyclic) bond motifs is 1. The van der Waals surface area contributed by atoms with Gasteiger partial charge in [0.2, 0.25) is 0 Å². The predicted octanol–water partition coefficient (Wildman–Crippen LogP) is 2.65. The Bertz CT molecular complexity index is 1380. The van der Waals surface area contributed by atoms with Crippen LogP contribution >= 0.6 is 0 Å². The SMILES string of the molecule is C[C@@H]1COCCN1c1cc(-c2ccc(S(C)(=O)=O)cc2)c2c(n1)c(-c1cc[nH]n1)nn2C. The fourth-order valence-corrected chi connectivity index (χ4v) is 4.78. The molecule has 0 aliphatic carbocycles. The molecule has 9 nitrogen and oxygen atoms in total. The minimum absolute atomic E-state index is 0.180. The standard InChI is InChI=1S/C22H24N6O3S/c1-14-13-31-11-10-28(14)19-12-17(15-4-6-16(7-5-15)32(3,29)30)22-21(24-19)20(26-27(22)2)18-8-9-23-25-18/h4-9,12,14H,10-11,13H2,1-3H3,(H,23,25)/t14-/m1/s1. The van der Waals surface area contributed by atoms with Crippen molar-refractivity contribution in [1.29, 1.82) is 0 Å². The number of aromatic amines is 1. The number of aryl methyl sites for hydroxylation is 1. The van der Waals surface area contributed by atoms with E-state index in [1.165, 1.54) is 6.26 Å². The van der Waals surface area contributed by atoms with Gasteiger partial charge in [0.1, 0.15) is 22.7 Å². The van der Waals surface area contributed by atoms with Gasteiger partial charge < -0.3 is 9.64 Å². The lowest BCUT2D eigenvalue weighted by molar-refractivity contribution is 0.0986. The summed E-state index contributed by atoms with van der Waals surface area (Å²) in [4.78, 5) is 7.53. The molecule has 166 valence electrons. The van der Waals surface area contributed by atoms with Crippen LogP contribution in [0.1, 0.15) is 6.92 Å². The van der Waals surface area contributed by atoms with Crippen LogP contribution in [-0.4, -0.2) is 65.4 Å². The Morgan fingerprint density at radius 1 is 1.19 bits per heavy atom. The first-order chi connectivity index (χ1) is 15.3. The number of pyridine rings is 1. The van der Waals surface area contributed by atoms with Gasteiger partial charge in [-0.3, -0.25) is 9.78 Å². The van der Waals surface area contributed by atoms with Crippen LogP contribution in [0.4, 0.5) is 5.82 Å². The number of sulfone groups is 1. The number of nitrogens with one attached hydrogen (secondary N) is 1. The van der Waals surface area contributed by atoms with Crippen LogP contribution in [0.5, 0.6) is 0 Å². The second-order valence-electron chi connectivity index (χ2n) is 8.07. The summed E-state index contributed by atoms with van der Waals surface area (Å²) in [6.07, 6.45) is 2.97. The zero-order chi connectivity index (χ0) is 22.5. The zero-order valence-corrected chi connectivity index (χ0v) is 18.9. The maximum atomic E-state index is 11.9. The van der Waals surface area contributed by atoms with Crippen molar-refractivity contribution in [2.24, 2.45) is 7.05 Å². The summed E-state index contributed by atoms with van der Waals surface area (Å²) in [6, 6.07) is 11.0. The van der Waals surface area contributed by atoms with Crippen LogP contribution in [0.3, 0.4) is 0 Å². The maximum Gasteiger partial charge on any atom is 0.175 e. The predicted molar refractivity (Wildman–Crippen MR) is 122 cm³/mol. The smallest absolute Gasteiger partial charge is 0.175 e.